The summed E-state index contributed by atoms with van der Waals surface area (Å²) in [5.74, 6) is 4.55. The van der Waals surface area contributed by atoms with Gasteiger partial charge >= 0.3 is 5.97 Å². The Bertz CT molecular complexity index is 301. The number of hydrogen-bond acceptors (Lipinski definition) is 6. The van der Waals surface area contributed by atoms with E-state index in [0.29, 0.717) is 5.16 Å². The van der Waals surface area contributed by atoms with Crippen molar-refractivity contribution in [1.82, 2.24) is 14.9 Å². The van der Waals surface area contributed by atoms with Crippen molar-refractivity contribution >= 4 is 17.7 Å². The minimum absolute atomic E-state index is 0.214. The molecule has 0 radical (unpaired) electrons. The predicted molar refractivity (Wildman–Crippen MR) is 46.5 cm³/mol. The number of hydrogen-bond donors (Lipinski definition) is 3. The van der Waals surface area contributed by atoms with Crippen LogP contribution in [0.3, 0.4) is 0 Å². The first kappa shape index (κ1) is 9.81. The van der Waals surface area contributed by atoms with E-state index in [-0.39, 0.29) is 5.75 Å². The zero-order valence-electron chi connectivity index (χ0n) is 6.62. The summed E-state index contributed by atoms with van der Waals surface area (Å²) in [7, 11) is 0. The standard InChI is InChI=1S/C5H9N5O2S/c6-3(4(11)12)1-13-5-9-8-2-10(5)7/h2-3H,1,6-7H2,(H,11,12). The number of nitrogens with zero attached hydrogens (tertiary/aromatic N) is 3. The molecule has 1 atom stereocenters. The maximum absolute atomic E-state index is 10.3. The zero-order chi connectivity index (χ0) is 9.84. The molecular weight excluding hydrogens is 194 g/mol. The van der Waals surface area contributed by atoms with Gasteiger partial charge in [-0.3, -0.25) is 4.79 Å². The maximum atomic E-state index is 10.3. The number of carboxylic acids is 1. The van der Waals surface area contributed by atoms with E-state index in [1.807, 2.05) is 0 Å². The molecule has 0 bridgehead atoms. The van der Waals surface area contributed by atoms with Gasteiger partial charge in [-0.2, -0.15) is 0 Å². The Morgan fingerprint density at radius 1 is 1.85 bits per heavy atom. The summed E-state index contributed by atoms with van der Waals surface area (Å²) < 4.78 is 1.21. The molecule has 1 unspecified atom stereocenters. The van der Waals surface area contributed by atoms with Gasteiger partial charge in [0.1, 0.15) is 12.4 Å². The number of nitrogens with two attached hydrogens (primary N) is 2. The van der Waals surface area contributed by atoms with Crippen LogP contribution in [0.15, 0.2) is 11.5 Å². The predicted octanol–water partition coefficient (Wildman–Crippen LogP) is -1.50. The third-order valence-electron chi connectivity index (χ3n) is 1.25. The lowest BCUT2D eigenvalue weighted by molar-refractivity contribution is -0.137. The van der Waals surface area contributed by atoms with Crippen LogP contribution >= 0.6 is 11.8 Å². The topological polar surface area (TPSA) is 120 Å². The average Bonchev–Trinajstić information content (AvgIpc) is 2.47. The fraction of sp³-hybridized carbons (Fsp3) is 0.400. The van der Waals surface area contributed by atoms with Crippen LogP contribution in [-0.4, -0.2) is 37.7 Å². The molecule has 1 aromatic rings. The molecule has 0 aliphatic carbocycles. The zero-order valence-corrected chi connectivity index (χ0v) is 7.44. The Morgan fingerprint density at radius 2 is 2.54 bits per heavy atom. The lowest BCUT2D eigenvalue weighted by Gasteiger charge is -2.03. The van der Waals surface area contributed by atoms with Crippen molar-refractivity contribution in [3.05, 3.63) is 6.33 Å². The van der Waals surface area contributed by atoms with Crippen LogP contribution in [0.5, 0.6) is 0 Å². The van der Waals surface area contributed by atoms with Crippen LogP contribution in [0.1, 0.15) is 0 Å². The molecule has 5 N–H and O–H groups in total. The largest absolute Gasteiger partial charge is 0.480 e. The molecule has 8 heteroatoms. The lowest BCUT2D eigenvalue weighted by Crippen LogP contribution is -2.32. The van der Waals surface area contributed by atoms with Crippen molar-refractivity contribution in [1.29, 1.82) is 0 Å². The first-order valence-corrected chi connectivity index (χ1v) is 4.36. The molecule has 1 aromatic heterocycles. The van der Waals surface area contributed by atoms with E-state index >= 15 is 0 Å². The van der Waals surface area contributed by atoms with Gasteiger partial charge in [0.2, 0.25) is 5.16 Å². The molecular formula is C5H9N5O2S. The van der Waals surface area contributed by atoms with Crippen molar-refractivity contribution in [2.24, 2.45) is 5.73 Å². The van der Waals surface area contributed by atoms with Gasteiger partial charge in [-0.15, -0.1) is 10.2 Å². The van der Waals surface area contributed by atoms with Gasteiger partial charge in [-0.05, 0) is 0 Å². The number of carbonyl (C=O) groups is 1. The molecule has 0 aliphatic heterocycles. The van der Waals surface area contributed by atoms with E-state index in [4.69, 9.17) is 16.7 Å². The van der Waals surface area contributed by atoms with Gasteiger partial charge in [0.05, 0.1) is 0 Å². The Labute approximate surface area is 78.1 Å². The molecule has 13 heavy (non-hydrogen) atoms. The second-order valence-corrected chi connectivity index (χ2v) is 3.26. The number of thioether (sulfide) groups is 1. The maximum Gasteiger partial charge on any atom is 0.321 e. The number of aliphatic carboxylic acids is 1. The second kappa shape index (κ2) is 4.10. The Hall–Kier alpha value is -1.28. The second-order valence-electron chi connectivity index (χ2n) is 2.28. The van der Waals surface area contributed by atoms with Crippen LogP contribution in [0.4, 0.5) is 0 Å². The minimum Gasteiger partial charge on any atom is -0.480 e. The summed E-state index contributed by atoms with van der Waals surface area (Å²) in [5.41, 5.74) is 5.26. The fourth-order valence-corrected chi connectivity index (χ4v) is 1.34. The highest BCUT2D eigenvalue weighted by Crippen LogP contribution is 2.12. The Balaban J connectivity index is 2.44. The highest BCUT2D eigenvalue weighted by molar-refractivity contribution is 7.99. The molecule has 72 valence electrons. The molecule has 1 rings (SSSR count). The quantitative estimate of drug-likeness (QED) is 0.402. The van der Waals surface area contributed by atoms with E-state index in [0.717, 1.165) is 11.8 Å². The van der Waals surface area contributed by atoms with Crippen LogP contribution in [0, 0.1) is 0 Å². The summed E-state index contributed by atoms with van der Waals surface area (Å²) in [6.07, 6.45) is 1.33. The minimum atomic E-state index is -1.05. The Morgan fingerprint density at radius 3 is 3.00 bits per heavy atom. The van der Waals surface area contributed by atoms with Crippen molar-refractivity contribution in [3.8, 4) is 0 Å². The molecule has 0 aliphatic rings. The van der Waals surface area contributed by atoms with Crippen LogP contribution < -0.4 is 11.6 Å². The van der Waals surface area contributed by atoms with Gasteiger partial charge in [-0.1, -0.05) is 11.8 Å². The molecule has 0 fully saturated rings. The first-order chi connectivity index (χ1) is 6.11. The van der Waals surface area contributed by atoms with E-state index in [1.54, 1.807) is 0 Å². The molecule has 0 aromatic carbocycles. The van der Waals surface area contributed by atoms with Crippen molar-refractivity contribution in [3.63, 3.8) is 0 Å². The normalized spacial score (nSPS) is 12.7. The van der Waals surface area contributed by atoms with Gasteiger partial charge in [0.25, 0.3) is 0 Å². The van der Waals surface area contributed by atoms with Crippen LogP contribution in [0.25, 0.3) is 0 Å². The molecule has 0 saturated heterocycles. The molecule has 1 heterocycles. The van der Waals surface area contributed by atoms with E-state index in [1.165, 1.54) is 11.0 Å². The smallest absolute Gasteiger partial charge is 0.321 e. The Kier molecular flexibility index (Phi) is 3.09. The molecule has 7 nitrogen and oxygen atoms in total. The third-order valence-corrected chi connectivity index (χ3v) is 2.33. The summed E-state index contributed by atoms with van der Waals surface area (Å²) in [5, 5.41) is 16.1. The lowest BCUT2D eigenvalue weighted by atomic mass is 10.4. The van der Waals surface area contributed by atoms with Gasteiger partial charge < -0.3 is 16.7 Å². The highest BCUT2D eigenvalue weighted by atomic mass is 32.2. The van der Waals surface area contributed by atoms with E-state index in [9.17, 15) is 4.79 Å². The molecule has 0 spiro atoms. The van der Waals surface area contributed by atoms with Crippen LogP contribution in [0.2, 0.25) is 0 Å². The van der Waals surface area contributed by atoms with Crippen molar-refractivity contribution < 1.29 is 9.90 Å². The summed E-state index contributed by atoms with van der Waals surface area (Å²) in [6, 6.07) is -0.915. The number of rotatable bonds is 4. The van der Waals surface area contributed by atoms with Gasteiger partial charge in [0.15, 0.2) is 0 Å². The number of carboxylic acid groups (broad SMARTS) is 1. The number of nitrogen functional groups attached to an aromatic ring is 1. The number of aromatic nitrogens is 3. The summed E-state index contributed by atoms with van der Waals surface area (Å²) in [4.78, 5) is 10.3. The van der Waals surface area contributed by atoms with Crippen LogP contribution in [-0.2, 0) is 4.79 Å². The van der Waals surface area contributed by atoms with Crippen molar-refractivity contribution in [2.75, 3.05) is 11.6 Å². The molecule has 0 amide bonds. The van der Waals surface area contributed by atoms with Gasteiger partial charge in [-0.25, -0.2) is 4.68 Å². The van der Waals surface area contributed by atoms with E-state index < -0.39 is 12.0 Å². The third kappa shape index (κ3) is 2.60. The van der Waals surface area contributed by atoms with Gasteiger partial charge in [0, 0.05) is 5.75 Å². The first-order valence-electron chi connectivity index (χ1n) is 3.37. The van der Waals surface area contributed by atoms with Crippen molar-refractivity contribution in [2.45, 2.75) is 11.2 Å². The monoisotopic (exact) mass is 203 g/mol. The summed E-state index contributed by atoms with van der Waals surface area (Å²) >= 11 is 1.15. The molecule has 0 saturated carbocycles. The average molecular weight is 203 g/mol. The summed E-state index contributed by atoms with van der Waals surface area (Å²) in [6.45, 7) is 0. The highest BCUT2D eigenvalue weighted by Gasteiger charge is 2.13. The van der Waals surface area contributed by atoms with E-state index in [2.05, 4.69) is 10.2 Å². The SMILES string of the molecule is NC(CSc1nncn1N)C(=O)O. The fourth-order valence-electron chi connectivity index (χ4n) is 0.571.